The minimum absolute atomic E-state index is 0.733. The fraction of sp³-hybridized carbons (Fsp3) is 0.500. The van der Waals surface area contributed by atoms with Crippen molar-refractivity contribution in [3.8, 4) is 0 Å². The minimum atomic E-state index is 0.733. The van der Waals surface area contributed by atoms with Gasteiger partial charge in [0, 0.05) is 6.54 Å². The Balaban J connectivity index is 1.84. The normalized spacial score (nSPS) is 16.5. The highest BCUT2D eigenvalue weighted by Gasteiger charge is 2.05. The van der Waals surface area contributed by atoms with E-state index in [9.17, 15) is 0 Å². The monoisotopic (exact) mass is 275 g/mol. The van der Waals surface area contributed by atoms with Gasteiger partial charge < -0.3 is 10.1 Å². The second-order valence-corrected chi connectivity index (χ2v) is 5.15. The van der Waals surface area contributed by atoms with E-state index in [4.69, 9.17) is 4.74 Å². The molecule has 4 nitrogen and oxygen atoms in total. The van der Waals surface area contributed by atoms with Crippen molar-refractivity contribution >= 4 is 32.4 Å². The van der Waals surface area contributed by atoms with Gasteiger partial charge in [-0.3, -0.25) is 0 Å². The lowest BCUT2D eigenvalue weighted by Gasteiger charge is -2.13. The summed E-state index contributed by atoms with van der Waals surface area (Å²) in [5, 5.41) is 11.9. The molecule has 0 atom stereocenters. The number of hydrogen-bond acceptors (Lipinski definition) is 5. The van der Waals surface area contributed by atoms with Crippen LogP contribution >= 0.6 is 27.3 Å². The van der Waals surface area contributed by atoms with E-state index in [1.807, 2.05) is 0 Å². The molecule has 1 N–H and O–H groups in total. The minimum Gasteiger partial charge on any atom is -0.377 e. The number of hydrogen-bond donors (Lipinski definition) is 1. The van der Waals surface area contributed by atoms with Crippen LogP contribution in [0.15, 0.2) is 15.6 Å². The van der Waals surface area contributed by atoms with Crippen molar-refractivity contribution in [3.63, 3.8) is 0 Å². The summed E-state index contributed by atoms with van der Waals surface area (Å²) in [4.78, 5) is 0. The zero-order chi connectivity index (χ0) is 9.80. The van der Waals surface area contributed by atoms with Crippen LogP contribution < -0.4 is 5.32 Å². The van der Waals surface area contributed by atoms with E-state index in [-0.39, 0.29) is 0 Å². The van der Waals surface area contributed by atoms with E-state index >= 15 is 0 Å². The molecule has 0 amide bonds. The maximum absolute atomic E-state index is 5.22. The molecule has 14 heavy (non-hydrogen) atoms. The van der Waals surface area contributed by atoms with Gasteiger partial charge in [0.1, 0.15) is 0 Å². The molecule has 76 valence electrons. The van der Waals surface area contributed by atoms with Gasteiger partial charge in [-0.1, -0.05) is 23.0 Å². The second-order valence-electron chi connectivity index (χ2n) is 2.90. The molecule has 1 aromatic heterocycles. The maximum Gasteiger partial charge on any atom is 0.206 e. The number of halogens is 1. The van der Waals surface area contributed by atoms with Crippen LogP contribution in [0.4, 0.5) is 5.13 Å². The van der Waals surface area contributed by atoms with Crippen molar-refractivity contribution in [2.75, 3.05) is 25.1 Å². The summed E-state index contributed by atoms with van der Waals surface area (Å²) >= 11 is 4.77. The van der Waals surface area contributed by atoms with Gasteiger partial charge in [-0.25, -0.2) is 0 Å². The summed E-state index contributed by atoms with van der Waals surface area (Å²) < 4.78 is 6.03. The van der Waals surface area contributed by atoms with Crippen LogP contribution in [0.1, 0.15) is 6.42 Å². The fourth-order valence-electron chi connectivity index (χ4n) is 1.19. The molecule has 0 aliphatic carbocycles. The third-order valence-corrected chi connectivity index (χ3v) is 3.24. The summed E-state index contributed by atoms with van der Waals surface area (Å²) in [5.41, 5.74) is 1.38. The van der Waals surface area contributed by atoms with Crippen LogP contribution in [-0.2, 0) is 4.74 Å². The molecule has 0 saturated carbocycles. The molecular formula is C8H10BrN3OS. The number of aromatic nitrogens is 2. The largest absolute Gasteiger partial charge is 0.377 e. The predicted molar refractivity (Wildman–Crippen MR) is 59.6 cm³/mol. The van der Waals surface area contributed by atoms with Crippen molar-refractivity contribution < 1.29 is 4.74 Å². The molecule has 2 heterocycles. The molecule has 2 rings (SSSR count). The van der Waals surface area contributed by atoms with E-state index in [0.29, 0.717) is 0 Å². The van der Waals surface area contributed by atoms with E-state index < -0.39 is 0 Å². The highest BCUT2D eigenvalue weighted by Crippen LogP contribution is 2.20. The third-order valence-electron chi connectivity index (χ3n) is 1.92. The lowest BCUT2D eigenvalue weighted by molar-refractivity contribution is 0.154. The lowest BCUT2D eigenvalue weighted by Crippen LogP contribution is -2.12. The van der Waals surface area contributed by atoms with Crippen LogP contribution in [0.5, 0.6) is 0 Å². The standard InChI is InChI=1S/C8H10BrN3OS/c9-7-11-12-8(14-7)10-5-6-1-3-13-4-2-6/h1H,2-5H2,(H,10,12). The maximum atomic E-state index is 5.22. The molecule has 0 aromatic carbocycles. The van der Waals surface area contributed by atoms with Gasteiger partial charge in [0.25, 0.3) is 0 Å². The first kappa shape index (κ1) is 10.1. The zero-order valence-electron chi connectivity index (χ0n) is 7.49. The summed E-state index contributed by atoms with van der Waals surface area (Å²) in [6.45, 7) is 2.40. The molecule has 6 heteroatoms. The number of nitrogens with zero attached hydrogens (tertiary/aromatic N) is 2. The Kier molecular flexibility index (Phi) is 3.49. The summed E-state index contributed by atoms with van der Waals surface area (Å²) in [6, 6.07) is 0. The number of anilines is 1. The molecule has 0 radical (unpaired) electrons. The Labute approximate surface area is 94.5 Å². The number of nitrogens with one attached hydrogen (secondary N) is 1. The molecule has 0 spiro atoms. The first-order chi connectivity index (χ1) is 6.84. The van der Waals surface area contributed by atoms with Crippen LogP contribution in [0.25, 0.3) is 0 Å². The van der Waals surface area contributed by atoms with Crippen LogP contribution in [0.3, 0.4) is 0 Å². The van der Waals surface area contributed by atoms with Crippen molar-refractivity contribution in [2.45, 2.75) is 6.42 Å². The van der Waals surface area contributed by atoms with Gasteiger partial charge in [0.2, 0.25) is 5.13 Å². The Bertz CT molecular complexity index is 339. The molecule has 0 fully saturated rings. The first-order valence-electron chi connectivity index (χ1n) is 4.33. The first-order valence-corrected chi connectivity index (χ1v) is 5.94. The molecule has 0 bridgehead atoms. The van der Waals surface area contributed by atoms with E-state index in [1.54, 1.807) is 0 Å². The summed E-state index contributed by atoms with van der Waals surface area (Å²) in [5.74, 6) is 0. The third kappa shape index (κ3) is 2.76. The highest BCUT2D eigenvalue weighted by molar-refractivity contribution is 9.11. The average Bonchev–Trinajstić information content (AvgIpc) is 2.63. The molecule has 0 unspecified atom stereocenters. The lowest BCUT2D eigenvalue weighted by atomic mass is 10.1. The van der Waals surface area contributed by atoms with Gasteiger partial charge in [0.05, 0.1) is 13.2 Å². The molecule has 1 aromatic rings. The number of ether oxygens (including phenoxy) is 1. The van der Waals surface area contributed by atoms with Crippen LogP contribution in [-0.4, -0.2) is 30.0 Å². The van der Waals surface area contributed by atoms with Gasteiger partial charge in [0.15, 0.2) is 3.92 Å². The van der Waals surface area contributed by atoms with Crippen molar-refractivity contribution in [3.05, 3.63) is 15.6 Å². The molecular weight excluding hydrogens is 266 g/mol. The van der Waals surface area contributed by atoms with Gasteiger partial charge in [-0.15, -0.1) is 10.2 Å². The van der Waals surface area contributed by atoms with Crippen molar-refractivity contribution in [2.24, 2.45) is 0 Å². The topological polar surface area (TPSA) is 47.0 Å². The van der Waals surface area contributed by atoms with Gasteiger partial charge in [-0.05, 0) is 22.4 Å². The van der Waals surface area contributed by atoms with Gasteiger partial charge in [-0.2, -0.15) is 0 Å². The highest BCUT2D eigenvalue weighted by atomic mass is 79.9. The van der Waals surface area contributed by atoms with Crippen LogP contribution in [0.2, 0.25) is 0 Å². The second kappa shape index (κ2) is 4.86. The van der Waals surface area contributed by atoms with E-state index in [2.05, 4.69) is 37.5 Å². The smallest absolute Gasteiger partial charge is 0.206 e. The molecule has 0 saturated heterocycles. The van der Waals surface area contributed by atoms with Crippen LogP contribution in [0, 0.1) is 0 Å². The fourth-order valence-corrected chi connectivity index (χ4v) is 2.20. The average molecular weight is 276 g/mol. The van der Waals surface area contributed by atoms with Crippen molar-refractivity contribution in [1.82, 2.24) is 10.2 Å². The Morgan fingerprint density at radius 1 is 1.57 bits per heavy atom. The quantitative estimate of drug-likeness (QED) is 0.858. The molecule has 1 aliphatic rings. The summed E-state index contributed by atoms with van der Waals surface area (Å²) in [6.07, 6.45) is 3.12. The van der Waals surface area contributed by atoms with E-state index in [0.717, 1.165) is 35.2 Å². The van der Waals surface area contributed by atoms with Crippen molar-refractivity contribution in [1.29, 1.82) is 0 Å². The predicted octanol–water partition coefficient (Wildman–Crippen LogP) is 2.06. The Hall–Kier alpha value is -0.460. The SMILES string of the molecule is Brc1nnc(NCC2=CCOCC2)s1. The van der Waals surface area contributed by atoms with E-state index in [1.165, 1.54) is 16.9 Å². The zero-order valence-corrected chi connectivity index (χ0v) is 9.90. The number of rotatable bonds is 3. The Morgan fingerprint density at radius 2 is 2.50 bits per heavy atom. The summed E-state index contributed by atoms with van der Waals surface area (Å²) in [7, 11) is 0. The molecule has 1 aliphatic heterocycles. The van der Waals surface area contributed by atoms with Gasteiger partial charge >= 0.3 is 0 Å². The Morgan fingerprint density at radius 3 is 3.14 bits per heavy atom.